The smallest absolute Gasteiger partial charge is 0.287 e. The number of nitrogens with zero attached hydrogens (tertiary/aromatic N) is 1. The van der Waals surface area contributed by atoms with E-state index in [1.165, 1.54) is 16.6 Å². The lowest BCUT2D eigenvalue weighted by atomic mass is 10.0. The van der Waals surface area contributed by atoms with Crippen LogP contribution in [0.4, 0.5) is 0 Å². The SMILES string of the molecule is CC(C)(O)C#Cc1ccc(C(=O)NCCC2CCCCN2S(C)(=O)=O)o1. The predicted octanol–water partition coefficient (Wildman–Crippen LogP) is 1.34. The van der Waals surface area contributed by atoms with Crippen LogP contribution in [0.25, 0.3) is 0 Å². The molecule has 1 atom stereocenters. The van der Waals surface area contributed by atoms with Crippen LogP contribution < -0.4 is 5.32 Å². The molecule has 2 heterocycles. The van der Waals surface area contributed by atoms with Crippen LogP contribution in [0.3, 0.4) is 0 Å². The van der Waals surface area contributed by atoms with Crippen molar-refractivity contribution in [2.24, 2.45) is 0 Å². The fourth-order valence-corrected chi connectivity index (χ4v) is 4.09. The van der Waals surface area contributed by atoms with Crippen LogP contribution in [-0.4, -0.2) is 54.7 Å². The lowest BCUT2D eigenvalue weighted by Gasteiger charge is -2.33. The summed E-state index contributed by atoms with van der Waals surface area (Å²) in [7, 11) is -3.23. The maximum atomic E-state index is 12.1. The first-order valence-electron chi connectivity index (χ1n) is 8.67. The summed E-state index contributed by atoms with van der Waals surface area (Å²) < 4.78 is 30.6. The predicted molar refractivity (Wildman–Crippen MR) is 98.0 cm³/mol. The highest BCUT2D eigenvalue weighted by Gasteiger charge is 2.29. The summed E-state index contributed by atoms with van der Waals surface area (Å²) in [6.45, 7) is 4.02. The Labute approximate surface area is 154 Å². The molecule has 26 heavy (non-hydrogen) atoms. The van der Waals surface area contributed by atoms with Crippen LogP contribution in [-0.2, 0) is 10.0 Å². The zero-order valence-corrected chi connectivity index (χ0v) is 16.2. The molecule has 1 aliphatic rings. The monoisotopic (exact) mass is 382 g/mol. The van der Waals surface area contributed by atoms with Crippen LogP contribution in [0.1, 0.15) is 55.8 Å². The first kappa shape index (κ1) is 20.5. The third-order valence-corrected chi connectivity index (χ3v) is 5.42. The van der Waals surface area contributed by atoms with Gasteiger partial charge in [0.15, 0.2) is 11.5 Å². The Kier molecular flexibility index (Phi) is 6.50. The number of carbonyl (C=O) groups is 1. The Morgan fingerprint density at radius 2 is 2.15 bits per heavy atom. The molecule has 0 spiro atoms. The van der Waals surface area contributed by atoms with Crippen molar-refractivity contribution in [3.05, 3.63) is 23.7 Å². The fourth-order valence-electron chi connectivity index (χ4n) is 2.88. The molecule has 1 unspecified atom stereocenters. The molecule has 1 aliphatic heterocycles. The van der Waals surface area contributed by atoms with Gasteiger partial charge in [-0.2, -0.15) is 4.31 Å². The zero-order valence-electron chi connectivity index (χ0n) is 15.4. The second-order valence-electron chi connectivity index (χ2n) is 7.04. The van der Waals surface area contributed by atoms with Gasteiger partial charge in [0.1, 0.15) is 5.60 Å². The van der Waals surface area contributed by atoms with Crippen molar-refractivity contribution in [3.63, 3.8) is 0 Å². The second kappa shape index (κ2) is 8.25. The molecule has 1 aromatic rings. The van der Waals surface area contributed by atoms with Gasteiger partial charge in [0.25, 0.3) is 5.91 Å². The molecule has 2 N–H and O–H groups in total. The van der Waals surface area contributed by atoms with E-state index in [-0.39, 0.29) is 17.7 Å². The van der Waals surface area contributed by atoms with Crippen molar-refractivity contribution < 1.29 is 22.7 Å². The molecule has 144 valence electrons. The summed E-state index contributed by atoms with van der Waals surface area (Å²) in [6, 6.07) is 3.01. The number of hydrogen-bond donors (Lipinski definition) is 2. The van der Waals surface area contributed by atoms with Crippen molar-refractivity contribution in [2.75, 3.05) is 19.3 Å². The minimum atomic E-state index is -3.23. The van der Waals surface area contributed by atoms with Crippen LogP contribution >= 0.6 is 0 Å². The molecular weight excluding hydrogens is 356 g/mol. The minimum absolute atomic E-state index is 0.0798. The summed E-state index contributed by atoms with van der Waals surface area (Å²) >= 11 is 0. The molecule has 0 radical (unpaired) electrons. The van der Waals surface area contributed by atoms with Gasteiger partial charge in [-0.15, -0.1) is 0 Å². The standard InChI is InChI=1S/C18H26N2O5S/c1-18(2,22)11-9-15-7-8-16(25-15)17(21)19-12-10-14-6-4-5-13-20(14)26(3,23)24/h7-8,14,22H,4-6,10,12-13H2,1-3H3,(H,19,21). The molecule has 0 saturated carbocycles. The third kappa shape index (κ3) is 6.16. The van der Waals surface area contributed by atoms with Crippen molar-refractivity contribution >= 4 is 15.9 Å². The number of piperidine rings is 1. The summed E-state index contributed by atoms with van der Waals surface area (Å²) in [5, 5.41) is 12.3. The van der Waals surface area contributed by atoms with Crippen LogP contribution in [0, 0.1) is 11.8 Å². The lowest BCUT2D eigenvalue weighted by molar-refractivity contribution is 0.0921. The summed E-state index contributed by atoms with van der Waals surface area (Å²) in [5.74, 6) is 5.34. The molecule has 2 rings (SSSR count). The first-order chi connectivity index (χ1) is 12.1. The molecule has 1 aromatic heterocycles. The number of amides is 1. The molecule has 1 fully saturated rings. The first-order valence-corrected chi connectivity index (χ1v) is 10.5. The summed E-state index contributed by atoms with van der Waals surface area (Å²) in [6.07, 6.45) is 4.46. The Bertz CT molecular complexity index is 796. The highest BCUT2D eigenvalue weighted by Crippen LogP contribution is 2.21. The van der Waals surface area contributed by atoms with E-state index in [0.29, 0.717) is 25.3 Å². The van der Waals surface area contributed by atoms with Crippen molar-refractivity contribution in [2.45, 2.75) is 51.2 Å². The summed E-state index contributed by atoms with van der Waals surface area (Å²) in [5.41, 5.74) is -1.14. The van der Waals surface area contributed by atoms with E-state index in [2.05, 4.69) is 17.2 Å². The van der Waals surface area contributed by atoms with E-state index >= 15 is 0 Å². The van der Waals surface area contributed by atoms with Gasteiger partial charge in [-0.1, -0.05) is 12.3 Å². The van der Waals surface area contributed by atoms with E-state index in [4.69, 9.17) is 4.42 Å². The number of rotatable bonds is 5. The normalized spacial score (nSPS) is 18.8. The molecular formula is C18H26N2O5S. The van der Waals surface area contributed by atoms with Gasteiger partial charge in [-0.05, 0) is 51.2 Å². The number of sulfonamides is 1. The van der Waals surface area contributed by atoms with Crippen LogP contribution in [0.15, 0.2) is 16.5 Å². The van der Waals surface area contributed by atoms with Gasteiger partial charge >= 0.3 is 0 Å². The Hall–Kier alpha value is -1.82. The molecule has 0 bridgehead atoms. The molecule has 0 aromatic carbocycles. The van der Waals surface area contributed by atoms with Gasteiger partial charge in [0.05, 0.1) is 6.26 Å². The third-order valence-electron chi connectivity index (χ3n) is 4.08. The van der Waals surface area contributed by atoms with Crippen molar-refractivity contribution in [3.8, 4) is 11.8 Å². The minimum Gasteiger partial charge on any atom is -0.443 e. The van der Waals surface area contributed by atoms with Gasteiger partial charge < -0.3 is 14.8 Å². The van der Waals surface area contributed by atoms with E-state index in [0.717, 1.165) is 19.3 Å². The molecule has 0 aliphatic carbocycles. The average Bonchev–Trinajstić information content (AvgIpc) is 3.01. The van der Waals surface area contributed by atoms with Crippen LogP contribution in [0.2, 0.25) is 0 Å². The van der Waals surface area contributed by atoms with E-state index < -0.39 is 15.6 Å². The summed E-state index contributed by atoms with van der Waals surface area (Å²) in [4.78, 5) is 12.1. The van der Waals surface area contributed by atoms with E-state index in [1.807, 2.05) is 0 Å². The van der Waals surface area contributed by atoms with Crippen molar-refractivity contribution in [1.29, 1.82) is 0 Å². The molecule has 8 heteroatoms. The van der Waals surface area contributed by atoms with Gasteiger partial charge in [0, 0.05) is 19.1 Å². The Morgan fingerprint density at radius 1 is 1.42 bits per heavy atom. The van der Waals surface area contributed by atoms with E-state index in [9.17, 15) is 18.3 Å². The number of aliphatic hydroxyl groups is 1. The topological polar surface area (TPSA) is 99.9 Å². The number of hydrogen-bond acceptors (Lipinski definition) is 5. The number of nitrogens with one attached hydrogen (secondary N) is 1. The lowest BCUT2D eigenvalue weighted by Crippen LogP contribution is -2.44. The Morgan fingerprint density at radius 3 is 2.81 bits per heavy atom. The average molecular weight is 382 g/mol. The largest absolute Gasteiger partial charge is 0.443 e. The number of furan rings is 1. The van der Waals surface area contributed by atoms with E-state index in [1.54, 1.807) is 19.9 Å². The van der Waals surface area contributed by atoms with Crippen molar-refractivity contribution in [1.82, 2.24) is 9.62 Å². The highest BCUT2D eigenvalue weighted by molar-refractivity contribution is 7.88. The zero-order chi connectivity index (χ0) is 19.4. The van der Waals surface area contributed by atoms with Gasteiger partial charge in [-0.3, -0.25) is 4.79 Å². The molecule has 1 amide bonds. The molecule has 7 nitrogen and oxygen atoms in total. The van der Waals surface area contributed by atoms with Crippen LogP contribution in [0.5, 0.6) is 0 Å². The Balaban J connectivity index is 1.88. The van der Waals surface area contributed by atoms with Gasteiger partial charge in [0.2, 0.25) is 10.0 Å². The maximum Gasteiger partial charge on any atom is 0.287 e. The molecule has 1 saturated heterocycles. The van der Waals surface area contributed by atoms with Gasteiger partial charge in [-0.25, -0.2) is 8.42 Å². The fraction of sp³-hybridized carbons (Fsp3) is 0.611. The second-order valence-corrected chi connectivity index (χ2v) is 8.98. The number of carbonyl (C=O) groups excluding carboxylic acids is 1. The highest BCUT2D eigenvalue weighted by atomic mass is 32.2. The quantitative estimate of drug-likeness (QED) is 0.749. The maximum absolute atomic E-state index is 12.1.